The van der Waals surface area contributed by atoms with Gasteiger partial charge in [0, 0.05) is 5.69 Å². The van der Waals surface area contributed by atoms with Gasteiger partial charge < -0.3 is 5.32 Å². The number of alkyl halides is 3. The highest BCUT2D eigenvalue weighted by Crippen LogP contribution is 2.25. The molecule has 1 aromatic carbocycles. The summed E-state index contributed by atoms with van der Waals surface area (Å²) < 4.78 is 41.2. The molecule has 0 atom stereocenters. The van der Waals surface area contributed by atoms with Gasteiger partial charge in [0.2, 0.25) is 0 Å². The Labute approximate surface area is 116 Å². The molecule has 2 aromatic rings. The van der Waals surface area contributed by atoms with Gasteiger partial charge in [-0.2, -0.15) is 0 Å². The van der Waals surface area contributed by atoms with E-state index >= 15 is 0 Å². The van der Waals surface area contributed by atoms with Gasteiger partial charge in [-0.3, -0.25) is 4.79 Å². The quantitative estimate of drug-likeness (QED) is 0.940. The van der Waals surface area contributed by atoms with E-state index in [9.17, 15) is 18.0 Å². The lowest BCUT2D eigenvalue weighted by molar-refractivity contribution is 0.101. The number of benzene rings is 1. The van der Waals surface area contributed by atoms with Crippen LogP contribution in [0.3, 0.4) is 0 Å². The molecule has 20 heavy (non-hydrogen) atoms. The fourth-order valence-corrected chi connectivity index (χ4v) is 2.13. The topological polar surface area (TPSA) is 54.9 Å². The first-order valence-corrected chi connectivity index (χ1v) is 6.37. The van der Waals surface area contributed by atoms with Gasteiger partial charge >= 0.3 is 0 Å². The number of nitrogens with zero attached hydrogens (tertiary/aromatic N) is 2. The van der Waals surface area contributed by atoms with Crippen LogP contribution in [0, 0.1) is 6.92 Å². The van der Waals surface area contributed by atoms with Crippen LogP contribution >= 0.6 is 11.5 Å². The van der Waals surface area contributed by atoms with Gasteiger partial charge in [-0.15, -0.1) is 5.10 Å². The average Bonchev–Trinajstić information content (AvgIpc) is 2.90. The average molecular weight is 301 g/mol. The summed E-state index contributed by atoms with van der Waals surface area (Å²) in [5.41, 5.74) is 0.819. The van der Waals surface area contributed by atoms with Crippen LogP contribution in [0.1, 0.15) is 32.9 Å². The summed E-state index contributed by atoms with van der Waals surface area (Å²) in [5.74, 6) is -0.727. The van der Waals surface area contributed by atoms with Gasteiger partial charge in [0.25, 0.3) is 12.3 Å². The summed E-state index contributed by atoms with van der Waals surface area (Å²) in [5, 5.41) is 5.71. The zero-order chi connectivity index (χ0) is 14.7. The minimum atomic E-state index is -2.87. The Kier molecular flexibility index (Phi) is 4.33. The van der Waals surface area contributed by atoms with Gasteiger partial charge in [0.05, 0.1) is 0 Å². The lowest BCUT2D eigenvalue weighted by Crippen LogP contribution is -2.13. The molecule has 0 aliphatic carbocycles. The molecular formula is C12H10F3N3OS. The molecule has 0 bridgehead atoms. The molecule has 1 amide bonds. The summed E-state index contributed by atoms with van der Waals surface area (Å²) >= 11 is 0.594. The largest absolute Gasteiger partial charge is 0.321 e. The van der Waals surface area contributed by atoms with Crippen LogP contribution < -0.4 is 5.32 Å². The van der Waals surface area contributed by atoms with Crippen molar-refractivity contribution < 1.29 is 18.0 Å². The normalized spacial score (nSPS) is 10.8. The van der Waals surface area contributed by atoms with Gasteiger partial charge in [0.15, 0.2) is 5.69 Å². The van der Waals surface area contributed by atoms with E-state index in [0.29, 0.717) is 28.3 Å². The van der Waals surface area contributed by atoms with Crippen LogP contribution in [-0.4, -0.2) is 15.5 Å². The van der Waals surface area contributed by atoms with Crippen molar-refractivity contribution in [1.82, 2.24) is 9.59 Å². The zero-order valence-electron chi connectivity index (χ0n) is 10.4. The van der Waals surface area contributed by atoms with E-state index in [1.807, 2.05) is 0 Å². The molecule has 0 fully saturated rings. The number of carbonyl (C=O) groups excluding carboxylic acids is 1. The Morgan fingerprint density at radius 3 is 2.85 bits per heavy atom. The molecule has 0 saturated carbocycles. The van der Waals surface area contributed by atoms with Gasteiger partial charge in [-0.25, -0.2) is 13.2 Å². The number of hydrogen-bond donors (Lipinski definition) is 1. The van der Waals surface area contributed by atoms with Crippen LogP contribution in [0.4, 0.5) is 18.9 Å². The smallest absolute Gasteiger partial charge is 0.283 e. The van der Waals surface area contributed by atoms with E-state index < -0.39 is 24.7 Å². The van der Waals surface area contributed by atoms with Crippen molar-refractivity contribution >= 4 is 23.1 Å². The van der Waals surface area contributed by atoms with Crippen LogP contribution in [0.15, 0.2) is 18.2 Å². The predicted octanol–water partition coefficient (Wildman–Crippen LogP) is 3.51. The lowest BCUT2D eigenvalue weighted by atomic mass is 10.1. The van der Waals surface area contributed by atoms with Crippen molar-refractivity contribution in [2.45, 2.75) is 20.0 Å². The number of amides is 1. The highest BCUT2D eigenvalue weighted by Gasteiger charge is 2.23. The molecule has 0 unspecified atom stereocenters. The second kappa shape index (κ2) is 6.00. The standard InChI is InChI=1S/C12H10F3N3OS/c1-6-2-3-7(5-13)4-8(6)16-12(19)10-9(11(14)15)17-18-20-10/h2-4,11H,5H2,1H3,(H,16,19). The Morgan fingerprint density at radius 2 is 2.20 bits per heavy atom. The summed E-state index contributed by atoms with van der Waals surface area (Å²) in [7, 11) is 0. The van der Waals surface area contributed by atoms with Crippen LogP contribution in [0.2, 0.25) is 0 Å². The molecule has 0 saturated heterocycles. The molecule has 0 spiro atoms. The first kappa shape index (κ1) is 14.4. The molecule has 2 rings (SSSR count). The fraction of sp³-hybridized carbons (Fsp3) is 0.250. The maximum absolute atomic E-state index is 12.6. The number of halogens is 3. The second-order valence-corrected chi connectivity index (χ2v) is 4.78. The van der Waals surface area contributed by atoms with Gasteiger partial charge in [-0.1, -0.05) is 16.6 Å². The third-order valence-electron chi connectivity index (χ3n) is 2.63. The number of hydrogen-bond acceptors (Lipinski definition) is 4. The van der Waals surface area contributed by atoms with Crippen molar-refractivity contribution in [3.05, 3.63) is 39.9 Å². The van der Waals surface area contributed by atoms with Crippen molar-refractivity contribution in [3.63, 3.8) is 0 Å². The Bertz CT molecular complexity index is 630. The van der Waals surface area contributed by atoms with Gasteiger partial charge in [-0.05, 0) is 35.6 Å². The molecule has 1 heterocycles. The highest BCUT2D eigenvalue weighted by atomic mass is 32.1. The molecule has 1 N–H and O–H groups in total. The van der Waals surface area contributed by atoms with Crippen LogP contribution in [0.5, 0.6) is 0 Å². The van der Waals surface area contributed by atoms with Crippen LogP contribution in [0.25, 0.3) is 0 Å². The van der Waals surface area contributed by atoms with Gasteiger partial charge in [0.1, 0.15) is 11.6 Å². The Hall–Kier alpha value is -1.96. The van der Waals surface area contributed by atoms with Crippen LogP contribution in [-0.2, 0) is 6.67 Å². The zero-order valence-corrected chi connectivity index (χ0v) is 11.2. The summed E-state index contributed by atoms with van der Waals surface area (Å²) in [6, 6.07) is 4.69. The Morgan fingerprint density at radius 1 is 1.45 bits per heavy atom. The number of aryl methyl sites for hydroxylation is 1. The molecule has 106 valence electrons. The molecular weight excluding hydrogens is 291 g/mol. The lowest BCUT2D eigenvalue weighted by Gasteiger charge is -2.09. The number of anilines is 1. The third kappa shape index (κ3) is 2.96. The fourth-order valence-electron chi connectivity index (χ4n) is 1.56. The van der Waals surface area contributed by atoms with E-state index in [1.54, 1.807) is 19.1 Å². The van der Waals surface area contributed by atoms with E-state index in [2.05, 4.69) is 14.9 Å². The number of carbonyl (C=O) groups is 1. The second-order valence-electron chi connectivity index (χ2n) is 4.03. The van der Waals surface area contributed by atoms with Crippen molar-refractivity contribution in [1.29, 1.82) is 0 Å². The summed E-state index contributed by atoms with van der Waals surface area (Å²) in [4.78, 5) is 11.7. The minimum Gasteiger partial charge on any atom is -0.321 e. The first-order chi connectivity index (χ1) is 9.52. The molecule has 1 aromatic heterocycles. The third-order valence-corrected chi connectivity index (χ3v) is 3.37. The minimum absolute atomic E-state index is 0.245. The Balaban J connectivity index is 2.25. The molecule has 4 nitrogen and oxygen atoms in total. The highest BCUT2D eigenvalue weighted by molar-refractivity contribution is 7.08. The molecule has 0 aliphatic heterocycles. The van der Waals surface area contributed by atoms with E-state index in [1.165, 1.54) is 6.07 Å². The van der Waals surface area contributed by atoms with E-state index in [0.717, 1.165) is 0 Å². The van der Waals surface area contributed by atoms with Crippen molar-refractivity contribution in [2.24, 2.45) is 0 Å². The SMILES string of the molecule is Cc1ccc(CF)cc1NC(=O)c1snnc1C(F)F. The monoisotopic (exact) mass is 301 g/mol. The number of rotatable bonds is 4. The molecule has 8 heteroatoms. The van der Waals surface area contributed by atoms with Crippen molar-refractivity contribution in [2.75, 3.05) is 5.32 Å². The van der Waals surface area contributed by atoms with Crippen molar-refractivity contribution in [3.8, 4) is 0 Å². The van der Waals surface area contributed by atoms with E-state index in [4.69, 9.17) is 0 Å². The molecule has 0 aliphatic rings. The number of aromatic nitrogens is 2. The predicted molar refractivity (Wildman–Crippen MR) is 68.8 cm³/mol. The van der Waals surface area contributed by atoms with E-state index in [-0.39, 0.29) is 4.88 Å². The first-order valence-electron chi connectivity index (χ1n) is 5.60. The molecule has 0 radical (unpaired) electrons. The number of nitrogens with one attached hydrogen (secondary N) is 1. The maximum Gasteiger partial charge on any atom is 0.283 e. The summed E-state index contributed by atoms with van der Waals surface area (Å²) in [6.07, 6.45) is -2.87. The maximum atomic E-state index is 12.6. The summed E-state index contributed by atoms with van der Waals surface area (Å²) in [6.45, 7) is 1.05.